The summed E-state index contributed by atoms with van der Waals surface area (Å²) in [6.07, 6.45) is 2.11. The van der Waals surface area contributed by atoms with Crippen LogP contribution in [-0.2, 0) is 4.74 Å². The van der Waals surface area contributed by atoms with E-state index in [1.165, 1.54) is 5.56 Å². The molecule has 0 amide bonds. The third-order valence-corrected chi connectivity index (χ3v) is 2.85. The topological polar surface area (TPSA) is 30.5 Å². The highest BCUT2D eigenvalue weighted by Crippen LogP contribution is 2.27. The van der Waals surface area contributed by atoms with E-state index < -0.39 is 0 Å². The van der Waals surface area contributed by atoms with Crippen LogP contribution in [0.4, 0.5) is 0 Å². The molecule has 0 aliphatic rings. The maximum absolute atomic E-state index is 5.38. The van der Waals surface area contributed by atoms with E-state index in [1.54, 1.807) is 7.11 Å². The van der Waals surface area contributed by atoms with E-state index in [9.17, 15) is 0 Å². The summed E-state index contributed by atoms with van der Waals surface area (Å²) >= 11 is 0. The van der Waals surface area contributed by atoms with Gasteiger partial charge in [-0.1, -0.05) is 18.2 Å². The average Bonchev–Trinajstić information content (AvgIpc) is 2.39. The van der Waals surface area contributed by atoms with Crippen molar-refractivity contribution in [3.05, 3.63) is 29.8 Å². The van der Waals surface area contributed by atoms with Crippen molar-refractivity contribution in [3.8, 4) is 5.75 Å². The van der Waals surface area contributed by atoms with Crippen LogP contribution in [0.1, 0.15) is 31.4 Å². The van der Waals surface area contributed by atoms with E-state index in [0.29, 0.717) is 6.04 Å². The van der Waals surface area contributed by atoms with Crippen LogP contribution < -0.4 is 10.1 Å². The second-order valence-corrected chi connectivity index (χ2v) is 3.92. The molecule has 0 radical (unpaired) electrons. The van der Waals surface area contributed by atoms with Gasteiger partial charge in [0.05, 0.1) is 7.11 Å². The summed E-state index contributed by atoms with van der Waals surface area (Å²) in [5.74, 6) is 0.947. The number of hydrogen-bond donors (Lipinski definition) is 1. The molecule has 0 saturated heterocycles. The highest BCUT2D eigenvalue weighted by atomic mass is 16.5. The molecule has 0 bridgehead atoms. The maximum Gasteiger partial charge on any atom is 0.123 e. The first kappa shape index (κ1) is 14.0. The Morgan fingerprint density at radius 3 is 2.71 bits per heavy atom. The molecular formula is C14H23NO2. The van der Waals surface area contributed by atoms with Crippen LogP contribution in [0.5, 0.6) is 5.75 Å². The fourth-order valence-electron chi connectivity index (χ4n) is 1.94. The van der Waals surface area contributed by atoms with Crippen LogP contribution in [0.25, 0.3) is 0 Å². The monoisotopic (exact) mass is 237 g/mol. The van der Waals surface area contributed by atoms with Crippen molar-refractivity contribution >= 4 is 0 Å². The van der Waals surface area contributed by atoms with E-state index in [4.69, 9.17) is 9.47 Å². The van der Waals surface area contributed by atoms with Gasteiger partial charge in [0.1, 0.15) is 5.75 Å². The highest BCUT2D eigenvalue weighted by molar-refractivity contribution is 5.35. The quantitative estimate of drug-likeness (QED) is 0.705. The molecule has 0 aliphatic carbocycles. The second kappa shape index (κ2) is 8.09. The van der Waals surface area contributed by atoms with E-state index in [-0.39, 0.29) is 0 Å². The molecule has 0 aliphatic heterocycles. The predicted octanol–water partition coefficient (Wildman–Crippen LogP) is 2.77. The Balaban J connectivity index is 2.59. The van der Waals surface area contributed by atoms with Gasteiger partial charge in [0.25, 0.3) is 0 Å². The number of rotatable bonds is 8. The van der Waals surface area contributed by atoms with E-state index >= 15 is 0 Å². The van der Waals surface area contributed by atoms with Crippen LogP contribution in [0, 0.1) is 0 Å². The van der Waals surface area contributed by atoms with Crippen LogP contribution in [-0.4, -0.2) is 27.4 Å². The Kier molecular flexibility index (Phi) is 6.67. The van der Waals surface area contributed by atoms with E-state index in [2.05, 4.69) is 11.4 Å². The van der Waals surface area contributed by atoms with E-state index in [0.717, 1.165) is 31.8 Å². The van der Waals surface area contributed by atoms with Gasteiger partial charge in [-0.15, -0.1) is 0 Å². The lowest BCUT2D eigenvalue weighted by molar-refractivity contribution is 0.141. The number of benzene rings is 1. The normalized spacial score (nSPS) is 12.4. The largest absolute Gasteiger partial charge is 0.496 e. The Morgan fingerprint density at radius 2 is 2.06 bits per heavy atom. The number of nitrogens with one attached hydrogen (secondary N) is 1. The third-order valence-electron chi connectivity index (χ3n) is 2.85. The lowest BCUT2D eigenvalue weighted by atomic mass is 10.0. The summed E-state index contributed by atoms with van der Waals surface area (Å²) in [7, 11) is 3.70. The molecule has 1 N–H and O–H groups in total. The first-order valence-electron chi connectivity index (χ1n) is 6.21. The molecule has 0 aromatic heterocycles. The van der Waals surface area contributed by atoms with Gasteiger partial charge in [-0.05, 0) is 32.9 Å². The Hall–Kier alpha value is -1.06. The SMILES string of the molecule is CCOCCCC(NC)c1ccccc1OC. The number of ether oxygens (including phenoxy) is 2. The zero-order chi connectivity index (χ0) is 12.5. The molecule has 0 saturated carbocycles. The van der Waals surface area contributed by atoms with Crippen molar-refractivity contribution in [2.75, 3.05) is 27.4 Å². The first-order chi connectivity index (χ1) is 8.33. The number of methoxy groups -OCH3 is 1. The van der Waals surface area contributed by atoms with E-state index in [1.807, 2.05) is 32.2 Å². The van der Waals surface area contributed by atoms with Crippen molar-refractivity contribution in [2.45, 2.75) is 25.8 Å². The van der Waals surface area contributed by atoms with Crippen LogP contribution in [0.3, 0.4) is 0 Å². The van der Waals surface area contributed by atoms with Crippen LogP contribution >= 0.6 is 0 Å². The van der Waals surface area contributed by atoms with Crippen LogP contribution in [0.15, 0.2) is 24.3 Å². The summed E-state index contributed by atoms with van der Waals surface area (Å²) in [6, 6.07) is 8.48. The molecule has 0 heterocycles. The molecule has 1 aromatic rings. The van der Waals surface area contributed by atoms with Gasteiger partial charge < -0.3 is 14.8 Å². The van der Waals surface area contributed by atoms with Crippen molar-refractivity contribution in [2.24, 2.45) is 0 Å². The highest BCUT2D eigenvalue weighted by Gasteiger charge is 2.13. The Labute approximate surface area is 104 Å². The number of hydrogen-bond acceptors (Lipinski definition) is 3. The van der Waals surface area contributed by atoms with Crippen molar-refractivity contribution in [1.29, 1.82) is 0 Å². The lowest BCUT2D eigenvalue weighted by Gasteiger charge is -2.19. The second-order valence-electron chi connectivity index (χ2n) is 3.92. The molecule has 0 fully saturated rings. The van der Waals surface area contributed by atoms with Gasteiger partial charge in [-0.25, -0.2) is 0 Å². The predicted molar refractivity (Wildman–Crippen MR) is 70.5 cm³/mol. The molecule has 1 rings (SSSR count). The first-order valence-corrected chi connectivity index (χ1v) is 6.21. The van der Waals surface area contributed by atoms with Crippen molar-refractivity contribution in [3.63, 3.8) is 0 Å². The van der Waals surface area contributed by atoms with Gasteiger partial charge in [0.15, 0.2) is 0 Å². The molecule has 17 heavy (non-hydrogen) atoms. The zero-order valence-electron chi connectivity index (χ0n) is 11.0. The summed E-state index contributed by atoms with van der Waals surface area (Å²) in [6.45, 7) is 3.64. The van der Waals surface area contributed by atoms with Gasteiger partial charge in [-0.3, -0.25) is 0 Å². The van der Waals surface area contributed by atoms with Gasteiger partial charge in [-0.2, -0.15) is 0 Å². The molecule has 3 heteroatoms. The summed E-state index contributed by atoms with van der Waals surface area (Å²) in [5, 5.41) is 3.33. The molecule has 1 unspecified atom stereocenters. The fourth-order valence-corrected chi connectivity index (χ4v) is 1.94. The molecule has 1 atom stereocenters. The average molecular weight is 237 g/mol. The molecule has 96 valence electrons. The van der Waals surface area contributed by atoms with Gasteiger partial charge >= 0.3 is 0 Å². The summed E-state index contributed by atoms with van der Waals surface area (Å²) < 4.78 is 10.7. The standard InChI is InChI=1S/C14H23NO2/c1-4-17-11-7-9-13(15-2)12-8-5-6-10-14(12)16-3/h5-6,8,10,13,15H,4,7,9,11H2,1-3H3. The molecular weight excluding hydrogens is 214 g/mol. The van der Waals surface area contributed by atoms with Crippen LogP contribution in [0.2, 0.25) is 0 Å². The minimum atomic E-state index is 0.326. The molecule has 1 aromatic carbocycles. The minimum Gasteiger partial charge on any atom is -0.496 e. The molecule has 0 spiro atoms. The van der Waals surface area contributed by atoms with Crippen molar-refractivity contribution in [1.82, 2.24) is 5.32 Å². The zero-order valence-corrected chi connectivity index (χ0v) is 11.0. The van der Waals surface area contributed by atoms with Gasteiger partial charge in [0.2, 0.25) is 0 Å². The Bertz CT molecular complexity index is 315. The third kappa shape index (κ3) is 4.36. The number of para-hydroxylation sites is 1. The summed E-state index contributed by atoms with van der Waals surface area (Å²) in [4.78, 5) is 0. The fraction of sp³-hybridized carbons (Fsp3) is 0.571. The summed E-state index contributed by atoms with van der Waals surface area (Å²) in [5.41, 5.74) is 1.22. The van der Waals surface area contributed by atoms with Gasteiger partial charge in [0, 0.05) is 24.8 Å². The minimum absolute atomic E-state index is 0.326. The maximum atomic E-state index is 5.38. The lowest BCUT2D eigenvalue weighted by Crippen LogP contribution is -2.17. The van der Waals surface area contributed by atoms with Crippen molar-refractivity contribution < 1.29 is 9.47 Å². The smallest absolute Gasteiger partial charge is 0.123 e. The molecule has 3 nitrogen and oxygen atoms in total. The Morgan fingerprint density at radius 1 is 1.29 bits per heavy atom.